The summed E-state index contributed by atoms with van der Waals surface area (Å²) in [5.41, 5.74) is 7.73. The van der Waals surface area contributed by atoms with Crippen LogP contribution in [0.4, 0.5) is 0 Å². The van der Waals surface area contributed by atoms with Gasteiger partial charge in [0, 0.05) is 24.2 Å². The minimum Gasteiger partial charge on any atom is -0.324 e. The maximum Gasteiger partial charge on any atom is 0.243 e. The highest BCUT2D eigenvalue weighted by molar-refractivity contribution is 7.89. The van der Waals surface area contributed by atoms with Crippen molar-refractivity contribution in [1.82, 2.24) is 4.31 Å². The van der Waals surface area contributed by atoms with Crippen molar-refractivity contribution in [3.05, 3.63) is 54.6 Å². The van der Waals surface area contributed by atoms with Gasteiger partial charge in [0.1, 0.15) is 0 Å². The topological polar surface area (TPSA) is 63.4 Å². The molecular weight excluding hydrogens is 320 g/mol. The van der Waals surface area contributed by atoms with E-state index in [0.717, 1.165) is 30.4 Å². The molecule has 0 amide bonds. The number of rotatable bonds is 3. The maximum atomic E-state index is 13.3. The molecule has 2 aromatic rings. The fourth-order valence-electron chi connectivity index (χ4n) is 4.14. The van der Waals surface area contributed by atoms with Crippen molar-refractivity contribution < 1.29 is 8.42 Å². The Morgan fingerprint density at radius 3 is 2.50 bits per heavy atom. The van der Waals surface area contributed by atoms with E-state index in [1.54, 1.807) is 16.4 Å². The second kappa shape index (κ2) is 5.69. The molecule has 2 bridgehead atoms. The van der Waals surface area contributed by atoms with Gasteiger partial charge in [-0.25, -0.2) is 8.42 Å². The Hall–Kier alpha value is -1.69. The summed E-state index contributed by atoms with van der Waals surface area (Å²) in [6, 6.07) is 16.9. The van der Waals surface area contributed by atoms with Gasteiger partial charge in [0.05, 0.1) is 4.90 Å². The summed E-state index contributed by atoms with van der Waals surface area (Å²) in [5.74, 6) is 0.391. The minimum absolute atomic E-state index is 0.350. The Morgan fingerprint density at radius 2 is 1.75 bits per heavy atom. The Balaban J connectivity index is 1.76. The van der Waals surface area contributed by atoms with Crippen LogP contribution in [0.5, 0.6) is 0 Å². The minimum atomic E-state index is -3.55. The smallest absolute Gasteiger partial charge is 0.243 e. The fraction of sp³-hybridized carbons (Fsp3) is 0.368. The van der Waals surface area contributed by atoms with Crippen LogP contribution < -0.4 is 5.73 Å². The zero-order valence-electron chi connectivity index (χ0n) is 13.6. The summed E-state index contributed by atoms with van der Waals surface area (Å²) in [4.78, 5) is 0.376. The number of sulfonamides is 1. The molecule has 0 spiro atoms. The van der Waals surface area contributed by atoms with E-state index in [2.05, 4.69) is 0 Å². The van der Waals surface area contributed by atoms with Crippen LogP contribution in [0.15, 0.2) is 59.5 Å². The van der Waals surface area contributed by atoms with Gasteiger partial charge in [-0.05, 0) is 36.8 Å². The molecule has 1 saturated heterocycles. The van der Waals surface area contributed by atoms with E-state index in [9.17, 15) is 8.42 Å². The number of benzene rings is 2. The summed E-state index contributed by atoms with van der Waals surface area (Å²) in [7, 11) is -3.55. The lowest BCUT2D eigenvalue weighted by atomic mass is 9.94. The van der Waals surface area contributed by atoms with E-state index < -0.39 is 10.0 Å². The average Bonchev–Trinajstić information content (AvgIpc) is 2.87. The molecule has 1 aliphatic carbocycles. The van der Waals surface area contributed by atoms with Crippen LogP contribution in [0.2, 0.25) is 0 Å². The molecule has 2 aromatic carbocycles. The summed E-state index contributed by atoms with van der Waals surface area (Å²) >= 11 is 0. The molecule has 5 heteroatoms. The molecule has 2 aliphatic rings. The summed E-state index contributed by atoms with van der Waals surface area (Å²) in [5, 5.41) is 0. The summed E-state index contributed by atoms with van der Waals surface area (Å²) in [6.07, 6.45) is 2.90. The number of fused-ring (bicyclic) bond motifs is 2. The second-order valence-corrected chi connectivity index (χ2v) is 9.04. The molecule has 126 valence electrons. The quantitative estimate of drug-likeness (QED) is 0.933. The molecule has 4 rings (SSSR count). The van der Waals surface area contributed by atoms with Crippen LogP contribution in [0, 0.1) is 5.92 Å². The van der Waals surface area contributed by atoms with E-state index in [1.165, 1.54) is 0 Å². The number of hydrogen-bond donors (Lipinski definition) is 1. The first-order valence-electron chi connectivity index (χ1n) is 8.41. The highest BCUT2D eigenvalue weighted by Crippen LogP contribution is 2.40. The SMILES string of the molecule is NC12CCC(CN(S(=O)(=O)c3ccccc3-c3ccccc3)C1)C2. The molecule has 0 aromatic heterocycles. The standard InChI is InChI=1S/C19H22N2O2S/c20-19-11-10-15(12-19)13-21(14-19)24(22,23)18-9-5-4-8-17(18)16-6-2-1-3-7-16/h1-9,15H,10-14,20H2. The van der Waals surface area contributed by atoms with Crippen LogP contribution in [0.3, 0.4) is 0 Å². The van der Waals surface area contributed by atoms with Crippen LogP contribution >= 0.6 is 0 Å². The highest BCUT2D eigenvalue weighted by Gasteiger charge is 2.46. The van der Waals surface area contributed by atoms with Crippen LogP contribution in [-0.4, -0.2) is 31.4 Å². The molecule has 24 heavy (non-hydrogen) atoms. The molecule has 2 fully saturated rings. The lowest BCUT2D eigenvalue weighted by Gasteiger charge is -2.37. The van der Waals surface area contributed by atoms with Crippen molar-refractivity contribution in [2.75, 3.05) is 13.1 Å². The lowest BCUT2D eigenvalue weighted by Crippen LogP contribution is -2.54. The molecule has 0 radical (unpaired) electrons. The van der Waals surface area contributed by atoms with Gasteiger partial charge in [0.15, 0.2) is 0 Å². The van der Waals surface area contributed by atoms with Crippen molar-refractivity contribution in [2.24, 2.45) is 11.7 Å². The van der Waals surface area contributed by atoms with Crippen molar-refractivity contribution in [1.29, 1.82) is 0 Å². The first-order chi connectivity index (χ1) is 11.5. The van der Waals surface area contributed by atoms with E-state index >= 15 is 0 Å². The zero-order valence-corrected chi connectivity index (χ0v) is 14.4. The third-order valence-corrected chi connectivity index (χ3v) is 7.16. The van der Waals surface area contributed by atoms with Gasteiger partial charge in [-0.2, -0.15) is 4.31 Å². The van der Waals surface area contributed by atoms with Gasteiger partial charge in [-0.1, -0.05) is 48.5 Å². The first-order valence-corrected chi connectivity index (χ1v) is 9.85. The van der Waals surface area contributed by atoms with Gasteiger partial charge in [0.2, 0.25) is 10.0 Å². The molecule has 1 saturated carbocycles. The zero-order chi connectivity index (χ0) is 16.8. The Labute approximate surface area is 143 Å². The normalized spacial score (nSPS) is 27.3. The van der Waals surface area contributed by atoms with Gasteiger partial charge < -0.3 is 5.73 Å². The average molecular weight is 342 g/mol. The van der Waals surface area contributed by atoms with Crippen molar-refractivity contribution in [2.45, 2.75) is 29.7 Å². The van der Waals surface area contributed by atoms with Crippen molar-refractivity contribution in [3.63, 3.8) is 0 Å². The van der Waals surface area contributed by atoms with Crippen molar-refractivity contribution >= 4 is 10.0 Å². The first kappa shape index (κ1) is 15.8. The Kier molecular flexibility index (Phi) is 3.75. The summed E-state index contributed by atoms with van der Waals surface area (Å²) in [6.45, 7) is 1.01. The van der Waals surface area contributed by atoms with E-state index in [4.69, 9.17) is 5.73 Å². The summed E-state index contributed by atoms with van der Waals surface area (Å²) < 4.78 is 28.2. The molecule has 2 unspecified atom stereocenters. The van der Waals surface area contributed by atoms with Crippen LogP contribution in [0.25, 0.3) is 11.1 Å². The largest absolute Gasteiger partial charge is 0.324 e. The third-order valence-electron chi connectivity index (χ3n) is 5.29. The molecule has 2 N–H and O–H groups in total. The Morgan fingerprint density at radius 1 is 1.04 bits per heavy atom. The van der Waals surface area contributed by atoms with E-state index in [0.29, 0.717) is 23.9 Å². The fourth-order valence-corrected chi connectivity index (χ4v) is 5.97. The monoisotopic (exact) mass is 342 g/mol. The van der Waals surface area contributed by atoms with Gasteiger partial charge >= 0.3 is 0 Å². The molecule has 4 nitrogen and oxygen atoms in total. The van der Waals surface area contributed by atoms with E-state index in [1.807, 2.05) is 42.5 Å². The number of nitrogens with two attached hydrogens (primary N) is 1. The molecule has 1 heterocycles. The molecular formula is C19H22N2O2S. The lowest BCUT2D eigenvalue weighted by molar-refractivity contribution is 0.230. The Bertz CT molecular complexity index is 851. The molecule has 2 atom stereocenters. The molecule has 1 aliphatic heterocycles. The predicted octanol–water partition coefficient (Wildman–Crippen LogP) is 2.86. The van der Waals surface area contributed by atoms with E-state index in [-0.39, 0.29) is 5.54 Å². The van der Waals surface area contributed by atoms with Gasteiger partial charge in [0.25, 0.3) is 0 Å². The second-order valence-electron chi connectivity index (χ2n) is 7.13. The number of piperidine rings is 1. The third kappa shape index (κ3) is 2.66. The van der Waals surface area contributed by atoms with Crippen molar-refractivity contribution in [3.8, 4) is 11.1 Å². The van der Waals surface area contributed by atoms with Gasteiger partial charge in [-0.15, -0.1) is 0 Å². The van der Waals surface area contributed by atoms with Gasteiger partial charge in [-0.3, -0.25) is 0 Å². The predicted molar refractivity (Wildman–Crippen MR) is 94.9 cm³/mol. The van der Waals surface area contributed by atoms with Crippen LogP contribution in [0.1, 0.15) is 19.3 Å². The number of nitrogens with zero attached hydrogens (tertiary/aromatic N) is 1. The highest BCUT2D eigenvalue weighted by atomic mass is 32.2. The number of hydrogen-bond acceptors (Lipinski definition) is 3. The maximum absolute atomic E-state index is 13.3. The van der Waals surface area contributed by atoms with Crippen LogP contribution in [-0.2, 0) is 10.0 Å².